The van der Waals surface area contributed by atoms with Crippen molar-refractivity contribution < 1.29 is 14.6 Å². The molecule has 1 saturated heterocycles. The van der Waals surface area contributed by atoms with E-state index in [1.54, 1.807) is 0 Å². The molecule has 4 heteroatoms. The molecule has 19 heavy (non-hydrogen) atoms. The number of aliphatic carboxylic acids is 1. The number of hydrogen-bond donors (Lipinski definition) is 2. The van der Waals surface area contributed by atoms with Crippen molar-refractivity contribution in [2.24, 2.45) is 11.1 Å². The summed E-state index contributed by atoms with van der Waals surface area (Å²) in [6, 6.07) is 13.1. The third-order valence-electron chi connectivity index (χ3n) is 3.90. The number of carboxylic acid groups (broad SMARTS) is 1. The van der Waals surface area contributed by atoms with E-state index in [9.17, 15) is 9.90 Å². The van der Waals surface area contributed by atoms with Crippen molar-refractivity contribution in [3.63, 3.8) is 0 Å². The number of ether oxygens (including phenoxy) is 1. The van der Waals surface area contributed by atoms with E-state index in [0.29, 0.717) is 0 Å². The number of carboxylic acids is 1. The maximum atomic E-state index is 11.5. The average Bonchev–Trinajstić information content (AvgIpc) is 2.36. The van der Waals surface area contributed by atoms with Crippen molar-refractivity contribution in [2.45, 2.75) is 6.04 Å². The predicted molar refractivity (Wildman–Crippen MR) is 71.8 cm³/mol. The summed E-state index contributed by atoms with van der Waals surface area (Å²) in [6.45, 7) is 0.347. The van der Waals surface area contributed by atoms with E-state index in [-0.39, 0.29) is 13.2 Å². The van der Waals surface area contributed by atoms with E-state index in [4.69, 9.17) is 10.5 Å². The van der Waals surface area contributed by atoms with Gasteiger partial charge in [0.1, 0.15) is 5.41 Å². The van der Waals surface area contributed by atoms with Crippen LogP contribution in [0.2, 0.25) is 0 Å². The van der Waals surface area contributed by atoms with Gasteiger partial charge in [0.2, 0.25) is 0 Å². The molecular formula is C15H15NO3. The van der Waals surface area contributed by atoms with Gasteiger partial charge in [-0.15, -0.1) is 0 Å². The lowest BCUT2D eigenvalue weighted by Crippen LogP contribution is -2.55. The topological polar surface area (TPSA) is 72.6 Å². The Morgan fingerprint density at radius 1 is 1.21 bits per heavy atom. The Morgan fingerprint density at radius 3 is 2.53 bits per heavy atom. The minimum atomic E-state index is -0.996. The number of nitrogens with two attached hydrogens (primary N) is 1. The number of rotatable bonds is 3. The van der Waals surface area contributed by atoms with Crippen LogP contribution in [0.15, 0.2) is 42.5 Å². The van der Waals surface area contributed by atoms with E-state index < -0.39 is 17.4 Å². The van der Waals surface area contributed by atoms with E-state index in [2.05, 4.69) is 0 Å². The summed E-state index contributed by atoms with van der Waals surface area (Å²) in [4.78, 5) is 11.5. The van der Waals surface area contributed by atoms with Gasteiger partial charge in [-0.05, 0) is 16.3 Å². The van der Waals surface area contributed by atoms with E-state index in [1.165, 1.54) is 0 Å². The fraction of sp³-hybridized carbons (Fsp3) is 0.267. The van der Waals surface area contributed by atoms with Gasteiger partial charge in [0, 0.05) is 0 Å². The number of carbonyl (C=O) groups is 1. The maximum Gasteiger partial charge on any atom is 0.316 e. The third-order valence-corrected chi connectivity index (χ3v) is 3.90. The average molecular weight is 257 g/mol. The van der Waals surface area contributed by atoms with Crippen molar-refractivity contribution in [3.05, 3.63) is 48.0 Å². The van der Waals surface area contributed by atoms with Crippen LogP contribution < -0.4 is 5.73 Å². The maximum absolute atomic E-state index is 11.5. The van der Waals surface area contributed by atoms with Gasteiger partial charge in [-0.3, -0.25) is 4.79 Å². The molecule has 0 saturated carbocycles. The van der Waals surface area contributed by atoms with Crippen LogP contribution in [-0.4, -0.2) is 24.3 Å². The highest BCUT2D eigenvalue weighted by Crippen LogP contribution is 2.41. The summed E-state index contributed by atoms with van der Waals surface area (Å²) in [5.74, 6) is -0.890. The summed E-state index contributed by atoms with van der Waals surface area (Å²) >= 11 is 0. The second-order valence-electron chi connectivity index (χ2n) is 5.00. The molecular weight excluding hydrogens is 242 g/mol. The largest absolute Gasteiger partial charge is 0.481 e. The lowest BCUT2D eigenvalue weighted by molar-refractivity contribution is -0.184. The zero-order valence-electron chi connectivity index (χ0n) is 10.4. The molecule has 1 fully saturated rings. The van der Waals surface area contributed by atoms with Crippen LogP contribution in [0.4, 0.5) is 0 Å². The summed E-state index contributed by atoms with van der Waals surface area (Å²) in [6.07, 6.45) is 0. The van der Waals surface area contributed by atoms with Gasteiger partial charge >= 0.3 is 5.97 Å². The second kappa shape index (κ2) is 4.33. The van der Waals surface area contributed by atoms with E-state index in [0.717, 1.165) is 16.3 Å². The molecule has 1 aliphatic rings. The van der Waals surface area contributed by atoms with Gasteiger partial charge in [-0.25, -0.2) is 0 Å². The highest BCUT2D eigenvalue weighted by atomic mass is 16.5. The molecule has 2 aromatic carbocycles. The Balaban J connectivity index is 2.11. The molecule has 0 radical (unpaired) electrons. The Kier molecular flexibility index (Phi) is 2.77. The van der Waals surface area contributed by atoms with Crippen LogP contribution in [0.25, 0.3) is 10.8 Å². The van der Waals surface area contributed by atoms with Gasteiger partial charge in [-0.2, -0.15) is 0 Å². The molecule has 0 bridgehead atoms. The van der Waals surface area contributed by atoms with Gasteiger partial charge in [-0.1, -0.05) is 42.5 Å². The molecule has 2 aromatic rings. The minimum Gasteiger partial charge on any atom is -0.481 e. The standard InChI is InChI=1S/C15H15NO3/c16-13(15(14(17)18)8-19-9-15)12-7-3-5-10-4-1-2-6-11(10)12/h1-7,13H,8-9,16H2,(H,17,18). The molecule has 3 N–H and O–H groups in total. The van der Waals surface area contributed by atoms with Crippen molar-refractivity contribution >= 4 is 16.7 Å². The lowest BCUT2D eigenvalue weighted by atomic mass is 9.74. The SMILES string of the molecule is NC(c1cccc2ccccc12)C1(C(=O)O)COC1. The fourth-order valence-corrected chi connectivity index (χ4v) is 2.58. The summed E-state index contributed by atoms with van der Waals surface area (Å²) in [5.41, 5.74) is 6.11. The monoisotopic (exact) mass is 257 g/mol. The van der Waals surface area contributed by atoms with Gasteiger partial charge < -0.3 is 15.6 Å². The molecule has 0 aliphatic carbocycles. The molecule has 98 valence electrons. The van der Waals surface area contributed by atoms with Crippen LogP contribution >= 0.6 is 0 Å². The smallest absolute Gasteiger partial charge is 0.316 e. The zero-order valence-corrected chi connectivity index (χ0v) is 10.4. The van der Waals surface area contributed by atoms with E-state index >= 15 is 0 Å². The first kappa shape index (κ1) is 12.1. The highest BCUT2D eigenvalue weighted by Gasteiger charge is 2.52. The van der Waals surface area contributed by atoms with Crippen LogP contribution in [0.1, 0.15) is 11.6 Å². The molecule has 1 heterocycles. The summed E-state index contributed by atoms with van der Waals surface area (Å²) in [5, 5.41) is 11.5. The molecule has 0 spiro atoms. The van der Waals surface area contributed by atoms with Crippen LogP contribution in [0.5, 0.6) is 0 Å². The van der Waals surface area contributed by atoms with Gasteiger partial charge in [0.25, 0.3) is 0 Å². The van der Waals surface area contributed by atoms with Crippen molar-refractivity contribution in [1.82, 2.24) is 0 Å². The molecule has 1 unspecified atom stereocenters. The Morgan fingerprint density at radius 2 is 1.89 bits per heavy atom. The highest BCUT2D eigenvalue weighted by molar-refractivity contribution is 5.87. The summed E-state index contributed by atoms with van der Waals surface area (Å²) in [7, 11) is 0. The molecule has 1 aliphatic heterocycles. The Bertz CT molecular complexity index is 629. The molecule has 0 amide bonds. The van der Waals surface area contributed by atoms with Crippen molar-refractivity contribution in [3.8, 4) is 0 Å². The number of hydrogen-bond acceptors (Lipinski definition) is 3. The fourth-order valence-electron chi connectivity index (χ4n) is 2.58. The van der Waals surface area contributed by atoms with Crippen LogP contribution in [0.3, 0.4) is 0 Å². The third kappa shape index (κ3) is 1.72. The first-order valence-electron chi connectivity index (χ1n) is 6.19. The van der Waals surface area contributed by atoms with Crippen LogP contribution in [-0.2, 0) is 9.53 Å². The lowest BCUT2D eigenvalue weighted by Gasteiger charge is -2.42. The summed E-state index contributed by atoms with van der Waals surface area (Å²) < 4.78 is 5.09. The van der Waals surface area contributed by atoms with Crippen molar-refractivity contribution in [2.75, 3.05) is 13.2 Å². The number of benzene rings is 2. The Labute approximate surface area is 110 Å². The van der Waals surface area contributed by atoms with Gasteiger partial charge in [0.05, 0.1) is 19.3 Å². The minimum absolute atomic E-state index is 0.173. The van der Waals surface area contributed by atoms with Crippen molar-refractivity contribution in [1.29, 1.82) is 0 Å². The predicted octanol–water partition coefficient (Wildman–Crippen LogP) is 1.94. The molecule has 1 atom stereocenters. The first-order valence-corrected chi connectivity index (χ1v) is 6.19. The molecule has 4 nitrogen and oxygen atoms in total. The number of fused-ring (bicyclic) bond motifs is 1. The second-order valence-corrected chi connectivity index (χ2v) is 5.00. The van der Waals surface area contributed by atoms with Gasteiger partial charge in [0.15, 0.2) is 0 Å². The zero-order chi connectivity index (χ0) is 13.5. The van der Waals surface area contributed by atoms with E-state index in [1.807, 2.05) is 42.5 Å². The quantitative estimate of drug-likeness (QED) is 0.881. The Hall–Kier alpha value is -1.91. The first-order chi connectivity index (χ1) is 9.15. The van der Waals surface area contributed by atoms with Crippen LogP contribution in [0, 0.1) is 5.41 Å². The molecule has 0 aromatic heterocycles. The normalized spacial score (nSPS) is 18.8. The molecule has 3 rings (SSSR count).